The van der Waals surface area contributed by atoms with Gasteiger partial charge in [0.15, 0.2) is 0 Å². The lowest BCUT2D eigenvalue weighted by molar-refractivity contribution is 0.231. The summed E-state index contributed by atoms with van der Waals surface area (Å²) in [4.78, 5) is 4.70. The Morgan fingerprint density at radius 1 is 1.26 bits per heavy atom. The van der Waals surface area contributed by atoms with Gasteiger partial charge in [0.05, 0.1) is 15.8 Å². The molecule has 5 heteroatoms. The van der Waals surface area contributed by atoms with Gasteiger partial charge in [-0.2, -0.15) is 0 Å². The van der Waals surface area contributed by atoms with Crippen molar-refractivity contribution in [2.24, 2.45) is 5.92 Å². The van der Waals surface area contributed by atoms with Crippen molar-refractivity contribution in [3.05, 3.63) is 22.4 Å². The van der Waals surface area contributed by atoms with E-state index in [9.17, 15) is 4.39 Å². The number of nitrogens with two attached hydrogens (primary N) is 1. The molecule has 0 atom stereocenters. The SMILES string of the molecule is CC(C)CN1CCN(c2cc(Br)c(F)cc2N)CC1. The van der Waals surface area contributed by atoms with Gasteiger partial charge in [0.2, 0.25) is 0 Å². The van der Waals surface area contributed by atoms with E-state index in [1.54, 1.807) is 6.07 Å². The minimum absolute atomic E-state index is 0.306. The summed E-state index contributed by atoms with van der Waals surface area (Å²) in [5.74, 6) is 0.385. The molecule has 0 spiro atoms. The van der Waals surface area contributed by atoms with Gasteiger partial charge in [-0.15, -0.1) is 0 Å². The Morgan fingerprint density at radius 3 is 2.47 bits per heavy atom. The molecule has 1 saturated heterocycles. The summed E-state index contributed by atoms with van der Waals surface area (Å²) in [6.07, 6.45) is 0. The number of halogens is 2. The maximum Gasteiger partial charge on any atom is 0.139 e. The summed E-state index contributed by atoms with van der Waals surface area (Å²) in [5.41, 5.74) is 7.36. The second kappa shape index (κ2) is 6.09. The van der Waals surface area contributed by atoms with E-state index in [-0.39, 0.29) is 5.82 Å². The van der Waals surface area contributed by atoms with Crippen LogP contribution in [0.3, 0.4) is 0 Å². The molecule has 0 saturated carbocycles. The lowest BCUT2D eigenvalue weighted by Gasteiger charge is -2.37. The zero-order chi connectivity index (χ0) is 14.0. The van der Waals surface area contributed by atoms with E-state index in [1.165, 1.54) is 6.07 Å². The van der Waals surface area contributed by atoms with Crippen LogP contribution in [0.2, 0.25) is 0 Å². The normalized spacial score (nSPS) is 17.2. The summed E-state index contributed by atoms with van der Waals surface area (Å²) < 4.78 is 13.9. The highest BCUT2D eigenvalue weighted by Gasteiger charge is 2.20. The van der Waals surface area contributed by atoms with Crippen LogP contribution in [0.1, 0.15) is 13.8 Å². The lowest BCUT2D eigenvalue weighted by atomic mass is 10.1. The topological polar surface area (TPSA) is 32.5 Å². The highest BCUT2D eigenvalue weighted by Crippen LogP contribution is 2.30. The number of piperazine rings is 1. The second-order valence-corrected chi connectivity index (χ2v) is 6.36. The van der Waals surface area contributed by atoms with Gasteiger partial charge in [-0.05, 0) is 27.9 Å². The van der Waals surface area contributed by atoms with Gasteiger partial charge in [-0.1, -0.05) is 13.8 Å². The first-order chi connectivity index (χ1) is 8.97. The van der Waals surface area contributed by atoms with Crippen LogP contribution in [-0.2, 0) is 0 Å². The number of rotatable bonds is 3. The molecule has 2 N–H and O–H groups in total. The third-order valence-electron chi connectivity index (χ3n) is 3.41. The molecule has 1 fully saturated rings. The number of hydrogen-bond acceptors (Lipinski definition) is 3. The maximum absolute atomic E-state index is 13.4. The van der Waals surface area contributed by atoms with Crippen LogP contribution in [0, 0.1) is 11.7 Å². The molecule has 2 rings (SSSR count). The third kappa shape index (κ3) is 3.60. The molecule has 0 amide bonds. The molecule has 19 heavy (non-hydrogen) atoms. The number of benzene rings is 1. The van der Waals surface area contributed by atoms with Crippen molar-refractivity contribution in [2.45, 2.75) is 13.8 Å². The zero-order valence-corrected chi connectivity index (χ0v) is 13.1. The molecule has 106 valence electrons. The van der Waals surface area contributed by atoms with Crippen LogP contribution >= 0.6 is 15.9 Å². The Hall–Kier alpha value is -0.810. The smallest absolute Gasteiger partial charge is 0.139 e. The maximum atomic E-state index is 13.4. The highest BCUT2D eigenvalue weighted by molar-refractivity contribution is 9.10. The van der Waals surface area contributed by atoms with Crippen molar-refractivity contribution in [3.63, 3.8) is 0 Å². The van der Waals surface area contributed by atoms with Gasteiger partial charge in [-0.25, -0.2) is 4.39 Å². The summed E-state index contributed by atoms with van der Waals surface area (Å²) in [6.45, 7) is 9.56. The van der Waals surface area contributed by atoms with Crippen LogP contribution in [0.15, 0.2) is 16.6 Å². The molecular weight excluding hydrogens is 309 g/mol. The van der Waals surface area contributed by atoms with E-state index >= 15 is 0 Å². The Balaban J connectivity index is 2.03. The van der Waals surface area contributed by atoms with E-state index < -0.39 is 0 Å². The van der Waals surface area contributed by atoms with Gasteiger partial charge >= 0.3 is 0 Å². The fourth-order valence-corrected chi connectivity index (χ4v) is 2.84. The monoisotopic (exact) mass is 329 g/mol. The summed E-state index contributed by atoms with van der Waals surface area (Å²) in [5, 5.41) is 0. The molecule has 0 radical (unpaired) electrons. The van der Waals surface area contributed by atoms with E-state index in [0.717, 1.165) is 38.4 Å². The minimum atomic E-state index is -0.306. The van der Waals surface area contributed by atoms with Crippen LogP contribution < -0.4 is 10.6 Å². The quantitative estimate of drug-likeness (QED) is 0.865. The van der Waals surface area contributed by atoms with Crippen LogP contribution in [-0.4, -0.2) is 37.6 Å². The molecule has 1 aliphatic rings. The first-order valence-corrected chi connectivity index (χ1v) is 7.48. The summed E-state index contributed by atoms with van der Waals surface area (Å²) in [6, 6.07) is 3.17. The Bertz CT molecular complexity index is 443. The summed E-state index contributed by atoms with van der Waals surface area (Å²) in [7, 11) is 0. The van der Waals surface area contributed by atoms with E-state index in [2.05, 4.69) is 39.6 Å². The molecule has 0 aliphatic carbocycles. The largest absolute Gasteiger partial charge is 0.397 e. The molecule has 0 unspecified atom stereocenters. The number of hydrogen-bond donors (Lipinski definition) is 1. The standard InChI is InChI=1S/C14H21BrFN3/c1-10(2)9-18-3-5-19(6-4-18)14-7-11(15)12(16)8-13(14)17/h7-8,10H,3-6,9,17H2,1-2H3. The number of anilines is 2. The van der Waals surface area contributed by atoms with Gasteiger partial charge < -0.3 is 10.6 Å². The van der Waals surface area contributed by atoms with Gasteiger partial charge in [0, 0.05) is 38.8 Å². The number of nitrogens with zero attached hydrogens (tertiary/aromatic N) is 2. The average molecular weight is 330 g/mol. The first kappa shape index (κ1) is 14.6. The van der Waals surface area contributed by atoms with Crippen LogP contribution in [0.5, 0.6) is 0 Å². The molecule has 0 aromatic heterocycles. The fourth-order valence-electron chi connectivity index (χ4n) is 2.51. The van der Waals surface area contributed by atoms with Crippen LogP contribution in [0.4, 0.5) is 15.8 Å². The summed E-state index contributed by atoms with van der Waals surface area (Å²) >= 11 is 3.22. The van der Waals surface area contributed by atoms with Crippen molar-refractivity contribution in [1.82, 2.24) is 4.90 Å². The fraction of sp³-hybridized carbons (Fsp3) is 0.571. The zero-order valence-electron chi connectivity index (χ0n) is 11.5. The van der Waals surface area contributed by atoms with Crippen molar-refractivity contribution in [1.29, 1.82) is 0 Å². The van der Waals surface area contributed by atoms with Gasteiger partial charge in [0.1, 0.15) is 5.82 Å². The molecule has 1 aliphatic heterocycles. The van der Waals surface area contributed by atoms with Crippen molar-refractivity contribution in [3.8, 4) is 0 Å². The van der Waals surface area contributed by atoms with Crippen molar-refractivity contribution >= 4 is 27.3 Å². The van der Waals surface area contributed by atoms with Crippen molar-refractivity contribution < 1.29 is 4.39 Å². The van der Waals surface area contributed by atoms with Gasteiger partial charge in [0.25, 0.3) is 0 Å². The third-order valence-corrected chi connectivity index (χ3v) is 4.01. The first-order valence-electron chi connectivity index (χ1n) is 6.69. The van der Waals surface area contributed by atoms with E-state index in [0.29, 0.717) is 16.1 Å². The predicted molar refractivity (Wildman–Crippen MR) is 82.0 cm³/mol. The van der Waals surface area contributed by atoms with Gasteiger partial charge in [-0.3, -0.25) is 4.90 Å². The molecule has 1 heterocycles. The second-order valence-electron chi connectivity index (χ2n) is 5.51. The van der Waals surface area contributed by atoms with Crippen LogP contribution in [0.25, 0.3) is 0 Å². The number of nitrogen functional groups attached to an aromatic ring is 1. The van der Waals surface area contributed by atoms with E-state index in [1.807, 2.05) is 0 Å². The Labute approximate surface area is 122 Å². The molecule has 3 nitrogen and oxygen atoms in total. The highest BCUT2D eigenvalue weighted by atomic mass is 79.9. The van der Waals surface area contributed by atoms with Crippen molar-refractivity contribution in [2.75, 3.05) is 43.4 Å². The lowest BCUT2D eigenvalue weighted by Crippen LogP contribution is -2.47. The molecule has 1 aromatic carbocycles. The van der Waals surface area contributed by atoms with E-state index in [4.69, 9.17) is 5.73 Å². The molecule has 1 aromatic rings. The molecular formula is C14H21BrFN3. The molecule has 0 bridgehead atoms. The Kier molecular flexibility index (Phi) is 4.68. The minimum Gasteiger partial charge on any atom is -0.397 e. The predicted octanol–water partition coefficient (Wildman–Crippen LogP) is 2.95. The Morgan fingerprint density at radius 2 is 1.89 bits per heavy atom. The average Bonchev–Trinajstić information content (AvgIpc) is 2.34.